The summed E-state index contributed by atoms with van der Waals surface area (Å²) in [6.07, 6.45) is 3.25. The number of fused-ring (bicyclic) bond motifs is 2. The molecule has 6 nitrogen and oxygen atoms in total. The van der Waals surface area contributed by atoms with E-state index in [4.69, 9.17) is 9.15 Å². The Balaban J connectivity index is 1.60. The number of pyridine rings is 1. The Morgan fingerprint density at radius 2 is 2.06 bits per heavy atom. The van der Waals surface area contributed by atoms with Crippen LogP contribution in [0.2, 0.25) is 0 Å². The average Bonchev–Trinajstić information content (AvgIpc) is 3.43. The predicted octanol–water partition coefficient (Wildman–Crippen LogP) is 5.96. The summed E-state index contributed by atoms with van der Waals surface area (Å²) in [4.78, 5) is 23.3. The zero-order chi connectivity index (χ0) is 22.9. The van der Waals surface area contributed by atoms with Gasteiger partial charge in [-0.05, 0) is 36.8 Å². The summed E-state index contributed by atoms with van der Waals surface area (Å²) in [5, 5.41) is 0.928. The summed E-state index contributed by atoms with van der Waals surface area (Å²) in [6, 6.07) is 12.6. The third kappa shape index (κ3) is 4.03. The third-order valence-electron chi connectivity index (χ3n) is 4.96. The molecule has 0 aliphatic heterocycles. The van der Waals surface area contributed by atoms with Crippen LogP contribution in [0.1, 0.15) is 23.0 Å². The number of thiazole rings is 1. The maximum absolute atomic E-state index is 14.3. The van der Waals surface area contributed by atoms with Crippen molar-refractivity contribution >= 4 is 43.6 Å². The second kappa shape index (κ2) is 8.59. The van der Waals surface area contributed by atoms with Crippen LogP contribution in [0.5, 0.6) is 5.75 Å². The lowest BCUT2D eigenvalue weighted by Crippen LogP contribution is -2.30. The van der Waals surface area contributed by atoms with Gasteiger partial charge in [-0.2, -0.15) is 0 Å². The molecule has 9 heteroatoms. The van der Waals surface area contributed by atoms with Gasteiger partial charge in [0.1, 0.15) is 11.3 Å². The van der Waals surface area contributed by atoms with Crippen LogP contribution in [-0.4, -0.2) is 22.5 Å². The van der Waals surface area contributed by atoms with E-state index in [2.05, 4.69) is 9.97 Å². The normalized spacial score (nSPS) is 11.2. The summed E-state index contributed by atoms with van der Waals surface area (Å²) in [5.41, 5.74) is 1.20. The molecule has 0 aliphatic carbocycles. The van der Waals surface area contributed by atoms with Gasteiger partial charge < -0.3 is 9.15 Å². The lowest BCUT2D eigenvalue weighted by Gasteiger charge is -2.18. The number of ether oxygens (including phenoxy) is 1. The molecule has 0 fully saturated rings. The smallest absolute Gasteiger partial charge is 0.296 e. The van der Waals surface area contributed by atoms with Crippen LogP contribution in [0.3, 0.4) is 0 Å². The van der Waals surface area contributed by atoms with Crippen molar-refractivity contribution in [1.29, 1.82) is 0 Å². The summed E-state index contributed by atoms with van der Waals surface area (Å²) < 4.78 is 39.8. The summed E-state index contributed by atoms with van der Waals surface area (Å²) in [7, 11) is 0. The molecule has 166 valence electrons. The molecule has 0 unspecified atom stereocenters. The third-order valence-corrected chi connectivity index (χ3v) is 5.99. The Labute approximate surface area is 191 Å². The molecule has 0 aliphatic rings. The molecule has 0 saturated heterocycles. The van der Waals surface area contributed by atoms with Crippen LogP contribution in [-0.2, 0) is 6.54 Å². The monoisotopic (exact) mass is 465 g/mol. The molecule has 1 amide bonds. The highest BCUT2D eigenvalue weighted by molar-refractivity contribution is 7.22. The lowest BCUT2D eigenvalue weighted by atomic mass is 10.2. The molecule has 0 spiro atoms. The van der Waals surface area contributed by atoms with E-state index in [1.165, 1.54) is 11.0 Å². The Hall–Kier alpha value is -3.85. The van der Waals surface area contributed by atoms with Crippen molar-refractivity contribution in [2.75, 3.05) is 11.5 Å². The van der Waals surface area contributed by atoms with E-state index >= 15 is 0 Å². The van der Waals surface area contributed by atoms with Gasteiger partial charge in [0.15, 0.2) is 28.0 Å². The topological polar surface area (TPSA) is 68.5 Å². The van der Waals surface area contributed by atoms with E-state index in [-0.39, 0.29) is 23.0 Å². The van der Waals surface area contributed by atoms with E-state index < -0.39 is 17.5 Å². The van der Waals surface area contributed by atoms with Gasteiger partial charge >= 0.3 is 0 Å². The largest absolute Gasteiger partial charge is 0.490 e. The van der Waals surface area contributed by atoms with Gasteiger partial charge in [-0.15, -0.1) is 0 Å². The van der Waals surface area contributed by atoms with E-state index in [0.717, 1.165) is 23.0 Å². The second-order valence-corrected chi connectivity index (χ2v) is 8.21. The molecule has 33 heavy (non-hydrogen) atoms. The van der Waals surface area contributed by atoms with Crippen molar-refractivity contribution in [3.63, 3.8) is 0 Å². The van der Waals surface area contributed by atoms with Crippen molar-refractivity contribution < 1.29 is 22.7 Å². The fourth-order valence-corrected chi connectivity index (χ4v) is 4.51. The SMILES string of the molecule is CCOc1cccc2cc(C(=O)N(Cc3cccnc3)c3nc4c(F)cc(F)cc4s3)oc12. The molecule has 0 N–H and O–H groups in total. The van der Waals surface area contributed by atoms with Crippen LogP contribution in [0.4, 0.5) is 13.9 Å². The first kappa shape index (κ1) is 21.0. The summed E-state index contributed by atoms with van der Waals surface area (Å²) in [5.74, 6) is -1.36. The lowest BCUT2D eigenvalue weighted by molar-refractivity contribution is 0.0960. The molecule has 0 saturated carbocycles. The number of nitrogens with zero attached hydrogens (tertiary/aromatic N) is 3. The van der Waals surface area contributed by atoms with Crippen molar-refractivity contribution in [2.45, 2.75) is 13.5 Å². The fourth-order valence-electron chi connectivity index (χ4n) is 3.51. The van der Waals surface area contributed by atoms with Gasteiger partial charge in [0, 0.05) is 23.8 Å². The predicted molar refractivity (Wildman–Crippen MR) is 122 cm³/mol. The number of carbonyl (C=O) groups is 1. The number of halogens is 2. The number of hydrogen-bond acceptors (Lipinski definition) is 6. The van der Waals surface area contributed by atoms with Gasteiger partial charge in [0.25, 0.3) is 5.91 Å². The highest BCUT2D eigenvalue weighted by atomic mass is 32.1. The Morgan fingerprint density at radius 3 is 2.85 bits per heavy atom. The van der Waals surface area contributed by atoms with Gasteiger partial charge in [-0.25, -0.2) is 13.8 Å². The number of para-hydroxylation sites is 1. The Kier molecular flexibility index (Phi) is 5.47. The number of rotatable bonds is 6. The standard InChI is InChI=1S/C24H17F2N3O3S/c1-2-31-18-7-3-6-15-9-19(32-22(15)18)23(30)29(13-14-5-4-8-27-12-14)24-28-21-17(26)10-16(25)11-20(21)33-24/h3-12H,2,13H2,1H3. The van der Waals surface area contributed by atoms with Crippen molar-refractivity contribution in [3.8, 4) is 5.75 Å². The summed E-state index contributed by atoms with van der Waals surface area (Å²) in [6.45, 7) is 2.43. The molecule has 0 radical (unpaired) electrons. The van der Waals surface area contributed by atoms with Crippen molar-refractivity contribution in [3.05, 3.63) is 83.9 Å². The fraction of sp³-hybridized carbons (Fsp3) is 0.125. The molecule has 2 aromatic carbocycles. The van der Waals surface area contributed by atoms with E-state index in [9.17, 15) is 13.6 Å². The molecule has 5 rings (SSSR count). The molecule has 0 bridgehead atoms. The number of furan rings is 1. The number of aromatic nitrogens is 2. The van der Waals surface area contributed by atoms with E-state index in [1.54, 1.807) is 30.6 Å². The number of anilines is 1. The first-order chi connectivity index (χ1) is 16.0. The van der Waals surface area contributed by atoms with Gasteiger partial charge in [0.05, 0.1) is 17.9 Å². The zero-order valence-corrected chi connectivity index (χ0v) is 18.2. The number of benzene rings is 2. The number of hydrogen-bond donors (Lipinski definition) is 0. The van der Waals surface area contributed by atoms with Crippen LogP contribution >= 0.6 is 11.3 Å². The molecule has 3 heterocycles. The average molecular weight is 465 g/mol. The number of amides is 1. The minimum atomic E-state index is -0.786. The first-order valence-corrected chi connectivity index (χ1v) is 11.0. The van der Waals surface area contributed by atoms with Gasteiger partial charge in [-0.3, -0.25) is 14.7 Å². The minimum Gasteiger partial charge on any atom is -0.490 e. The number of carbonyl (C=O) groups excluding carboxylic acids is 1. The zero-order valence-electron chi connectivity index (χ0n) is 17.4. The Bertz CT molecular complexity index is 1470. The van der Waals surface area contributed by atoms with Gasteiger partial charge in [0.2, 0.25) is 0 Å². The first-order valence-electron chi connectivity index (χ1n) is 10.1. The molecule has 0 atom stereocenters. The van der Waals surface area contributed by atoms with E-state index in [0.29, 0.717) is 28.0 Å². The second-order valence-electron chi connectivity index (χ2n) is 7.20. The maximum Gasteiger partial charge on any atom is 0.296 e. The summed E-state index contributed by atoms with van der Waals surface area (Å²) >= 11 is 1.02. The van der Waals surface area contributed by atoms with E-state index in [1.807, 2.05) is 25.1 Å². The van der Waals surface area contributed by atoms with Crippen LogP contribution in [0.15, 0.2) is 65.3 Å². The highest BCUT2D eigenvalue weighted by Crippen LogP contribution is 2.34. The Morgan fingerprint density at radius 1 is 1.18 bits per heavy atom. The minimum absolute atomic E-state index is 0.00336. The molecular formula is C24H17F2N3O3S. The van der Waals surface area contributed by atoms with Crippen LogP contribution in [0, 0.1) is 11.6 Å². The van der Waals surface area contributed by atoms with Gasteiger partial charge in [-0.1, -0.05) is 29.5 Å². The molecular weight excluding hydrogens is 448 g/mol. The van der Waals surface area contributed by atoms with Crippen molar-refractivity contribution in [2.24, 2.45) is 0 Å². The molecule has 3 aromatic heterocycles. The highest BCUT2D eigenvalue weighted by Gasteiger charge is 2.26. The van der Waals surface area contributed by atoms with Crippen LogP contribution in [0.25, 0.3) is 21.2 Å². The molecule has 5 aromatic rings. The van der Waals surface area contributed by atoms with Crippen molar-refractivity contribution in [1.82, 2.24) is 9.97 Å². The van der Waals surface area contributed by atoms with Crippen LogP contribution < -0.4 is 9.64 Å². The maximum atomic E-state index is 14.3. The quantitative estimate of drug-likeness (QED) is 0.309.